The summed E-state index contributed by atoms with van der Waals surface area (Å²) in [7, 11) is 0. The number of hydrogen-bond acceptors (Lipinski definition) is 2. The maximum atomic E-state index is 3.67. The van der Waals surface area contributed by atoms with Gasteiger partial charge in [-0.3, -0.25) is 0 Å². The molecule has 1 saturated carbocycles. The van der Waals surface area contributed by atoms with E-state index in [1.165, 1.54) is 50.1 Å². The van der Waals surface area contributed by atoms with Crippen molar-refractivity contribution in [3.05, 3.63) is 29.8 Å². The van der Waals surface area contributed by atoms with Crippen LogP contribution in [0.5, 0.6) is 0 Å². The molecule has 98 valence electrons. The van der Waals surface area contributed by atoms with E-state index in [1.54, 1.807) is 0 Å². The molecular formula is C16H24N2. The molecule has 1 atom stereocenters. The van der Waals surface area contributed by atoms with Crippen LogP contribution in [0.2, 0.25) is 0 Å². The molecule has 1 heterocycles. The zero-order valence-corrected chi connectivity index (χ0v) is 11.4. The van der Waals surface area contributed by atoms with Gasteiger partial charge in [-0.15, -0.1) is 0 Å². The molecule has 1 aromatic rings. The first-order valence-electron chi connectivity index (χ1n) is 7.43. The molecular weight excluding hydrogens is 220 g/mol. The lowest BCUT2D eigenvalue weighted by Gasteiger charge is -2.22. The van der Waals surface area contributed by atoms with Gasteiger partial charge in [0.15, 0.2) is 0 Å². The maximum Gasteiger partial charge on any atom is 0.0398 e. The Balaban J connectivity index is 1.59. The zero-order chi connectivity index (χ0) is 12.4. The van der Waals surface area contributed by atoms with Crippen molar-refractivity contribution in [1.82, 2.24) is 5.32 Å². The molecule has 0 radical (unpaired) electrons. The standard InChI is InChI=1S/C16H24N2/c1-2-14-5-3-4-6-16(14)18-10-9-13(12-18)11-17-15-7-8-15/h3-6,13,15,17H,2,7-12H2,1H3. The Bertz CT molecular complexity index is 398. The molecule has 2 aliphatic rings. The molecule has 1 aliphatic carbocycles. The summed E-state index contributed by atoms with van der Waals surface area (Å²) in [5, 5.41) is 3.67. The molecule has 1 saturated heterocycles. The van der Waals surface area contributed by atoms with Crippen LogP contribution in [0.3, 0.4) is 0 Å². The highest BCUT2D eigenvalue weighted by Gasteiger charge is 2.26. The SMILES string of the molecule is CCc1ccccc1N1CCC(CNC2CC2)C1. The molecule has 18 heavy (non-hydrogen) atoms. The third-order valence-corrected chi connectivity index (χ3v) is 4.27. The number of benzene rings is 1. The van der Waals surface area contributed by atoms with Crippen molar-refractivity contribution in [2.24, 2.45) is 5.92 Å². The van der Waals surface area contributed by atoms with Crippen LogP contribution in [0.1, 0.15) is 31.7 Å². The molecule has 2 heteroatoms. The lowest BCUT2D eigenvalue weighted by atomic mass is 10.1. The Hall–Kier alpha value is -1.02. The van der Waals surface area contributed by atoms with E-state index in [4.69, 9.17) is 0 Å². The molecule has 3 rings (SSSR count). The van der Waals surface area contributed by atoms with Crippen LogP contribution in [0.15, 0.2) is 24.3 Å². The maximum absolute atomic E-state index is 3.67. The second-order valence-corrected chi connectivity index (χ2v) is 5.77. The van der Waals surface area contributed by atoms with Gasteiger partial charge >= 0.3 is 0 Å². The van der Waals surface area contributed by atoms with Crippen LogP contribution in [-0.4, -0.2) is 25.7 Å². The minimum absolute atomic E-state index is 0.843. The molecule has 2 fully saturated rings. The summed E-state index contributed by atoms with van der Waals surface area (Å²) in [6, 6.07) is 9.73. The quantitative estimate of drug-likeness (QED) is 0.857. The van der Waals surface area contributed by atoms with Gasteiger partial charge in [-0.1, -0.05) is 25.1 Å². The second-order valence-electron chi connectivity index (χ2n) is 5.77. The van der Waals surface area contributed by atoms with E-state index in [2.05, 4.69) is 41.4 Å². The molecule has 1 aromatic carbocycles. The summed E-state index contributed by atoms with van der Waals surface area (Å²) in [5.74, 6) is 0.843. The van der Waals surface area contributed by atoms with Crippen molar-refractivity contribution in [2.75, 3.05) is 24.5 Å². The van der Waals surface area contributed by atoms with Gasteiger partial charge in [-0.05, 0) is 49.8 Å². The first-order valence-corrected chi connectivity index (χ1v) is 7.43. The number of rotatable bonds is 5. The van der Waals surface area contributed by atoms with Crippen LogP contribution < -0.4 is 10.2 Å². The summed E-state index contributed by atoms with van der Waals surface area (Å²) in [5.41, 5.74) is 2.96. The highest BCUT2D eigenvalue weighted by Crippen LogP contribution is 2.28. The van der Waals surface area contributed by atoms with Gasteiger partial charge in [-0.2, -0.15) is 0 Å². The molecule has 1 aliphatic heterocycles. The van der Waals surface area contributed by atoms with Crippen LogP contribution in [-0.2, 0) is 6.42 Å². The largest absolute Gasteiger partial charge is 0.371 e. The smallest absolute Gasteiger partial charge is 0.0398 e. The third kappa shape index (κ3) is 2.69. The monoisotopic (exact) mass is 244 g/mol. The summed E-state index contributed by atoms with van der Waals surface area (Å²) >= 11 is 0. The summed E-state index contributed by atoms with van der Waals surface area (Å²) in [6.45, 7) is 5.93. The van der Waals surface area contributed by atoms with Crippen molar-refractivity contribution in [3.63, 3.8) is 0 Å². The Morgan fingerprint density at radius 2 is 2.06 bits per heavy atom. The van der Waals surface area contributed by atoms with Gasteiger partial charge < -0.3 is 10.2 Å². The molecule has 2 nitrogen and oxygen atoms in total. The van der Waals surface area contributed by atoms with Crippen LogP contribution in [0.4, 0.5) is 5.69 Å². The molecule has 1 N–H and O–H groups in total. The number of nitrogens with zero attached hydrogens (tertiary/aromatic N) is 1. The average molecular weight is 244 g/mol. The van der Waals surface area contributed by atoms with Gasteiger partial charge in [-0.25, -0.2) is 0 Å². The van der Waals surface area contributed by atoms with E-state index >= 15 is 0 Å². The third-order valence-electron chi connectivity index (χ3n) is 4.27. The van der Waals surface area contributed by atoms with E-state index in [9.17, 15) is 0 Å². The van der Waals surface area contributed by atoms with Gasteiger partial charge in [0.1, 0.15) is 0 Å². The van der Waals surface area contributed by atoms with E-state index in [1.807, 2.05) is 0 Å². The molecule has 0 spiro atoms. The first kappa shape index (κ1) is 12.0. The fraction of sp³-hybridized carbons (Fsp3) is 0.625. The second kappa shape index (κ2) is 5.31. The summed E-state index contributed by atoms with van der Waals surface area (Å²) in [6.07, 6.45) is 5.28. The number of para-hydroxylation sites is 1. The minimum Gasteiger partial charge on any atom is -0.371 e. The highest BCUT2D eigenvalue weighted by atomic mass is 15.2. The first-order chi connectivity index (χ1) is 8.86. The zero-order valence-electron chi connectivity index (χ0n) is 11.4. The van der Waals surface area contributed by atoms with E-state index < -0.39 is 0 Å². The van der Waals surface area contributed by atoms with Crippen molar-refractivity contribution in [2.45, 2.75) is 38.6 Å². The normalized spacial score (nSPS) is 23.6. The number of anilines is 1. The average Bonchev–Trinajstić information content (AvgIpc) is 3.13. The number of nitrogens with one attached hydrogen (secondary N) is 1. The van der Waals surface area contributed by atoms with Crippen LogP contribution in [0.25, 0.3) is 0 Å². The van der Waals surface area contributed by atoms with Gasteiger partial charge in [0, 0.05) is 24.8 Å². The fourth-order valence-electron chi connectivity index (χ4n) is 2.96. The lowest BCUT2D eigenvalue weighted by Crippen LogP contribution is -2.27. The van der Waals surface area contributed by atoms with Crippen LogP contribution >= 0.6 is 0 Å². The number of aryl methyl sites for hydroxylation is 1. The minimum atomic E-state index is 0.843. The number of hydrogen-bond donors (Lipinski definition) is 1. The molecule has 1 unspecified atom stereocenters. The van der Waals surface area contributed by atoms with Gasteiger partial charge in [0.05, 0.1) is 0 Å². The fourth-order valence-corrected chi connectivity index (χ4v) is 2.96. The summed E-state index contributed by atoms with van der Waals surface area (Å²) in [4.78, 5) is 2.58. The molecule has 0 amide bonds. The van der Waals surface area contributed by atoms with Crippen molar-refractivity contribution in [3.8, 4) is 0 Å². The van der Waals surface area contributed by atoms with E-state index in [-0.39, 0.29) is 0 Å². The Morgan fingerprint density at radius 3 is 2.83 bits per heavy atom. The molecule has 0 bridgehead atoms. The Kier molecular flexibility index (Phi) is 3.55. The van der Waals surface area contributed by atoms with Crippen molar-refractivity contribution >= 4 is 5.69 Å². The highest BCUT2D eigenvalue weighted by molar-refractivity contribution is 5.54. The predicted molar refractivity (Wildman–Crippen MR) is 77.2 cm³/mol. The van der Waals surface area contributed by atoms with Crippen molar-refractivity contribution < 1.29 is 0 Å². The van der Waals surface area contributed by atoms with Gasteiger partial charge in [0.25, 0.3) is 0 Å². The summed E-state index contributed by atoms with van der Waals surface area (Å²) < 4.78 is 0. The molecule has 0 aromatic heterocycles. The van der Waals surface area contributed by atoms with Gasteiger partial charge in [0.2, 0.25) is 0 Å². The van der Waals surface area contributed by atoms with Crippen LogP contribution in [0, 0.1) is 5.92 Å². The Morgan fingerprint density at radius 1 is 1.22 bits per heavy atom. The topological polar surface area (TPSA) is 15.3 Å². The van der Waals surface area contributed by atoms with Crippen molar-refractivity contribution in [1.29, 1.82) is 0 Å². The van der Waals surface area contributed by atoms with E-state index in [0.717, 1.165) is 18.4 Å². The van der Waals surface area contributed by atoms with E-state index in [0.29, 0.717) is 0 Å². The predicted octanol–water partition coefficient (Wildman–Crippen LogP) is 2.83. The lowest BCUT2D eigenvalue weighted by molar-refractivity contribution is 0.515. The Labute approximate surface area is 110 Å².